The number of ether oxygens (including phenoxy) is 2. The van der Waals surface area contributed by atoms with Gasteiger partial charge >= 0.3 is 5.97 Å². The quantitative estimate of drug-likeness (QED) is 0.298. The molecule has 1 saturated heterocycles. The third kappa shape index (κ3) is 6.37. The van der Waals surface area contributed by atoms with Crippen molar-refractivity contribution in [3.8, 4) is 5.75 Å². The number of nitrogens with one attached hydrogen (secondary N) is 1. The fraction of sp³-hybridized carbons (Fsp3) is 0.474. The molecule has 158 valence electrons. The summed E-state index contributed by atoms with van der Waals surface area (Å²) in [6, 6.07) is 7.72. The van der Waals surface area contributed by atoms with Gasteiger partial charge in [-0.3, -0.25) is 19.3 Å². The Morgan fingerprint density at radius 3 is 2.41 bits per heavy atom. The fourth-order valence-electron chi connectivity index (χ4n) is 2.50. The molecule has 0 saturated carbocycles. The molecule has 1 aliphatic heterocycles. The van der Waals surface area contributed by atoms with Crippen LogP contribution in [0, 0.1) is 0 Å². The molecule has 1 fully saturated rings. The van der Waals surface area contributed by atoms with E-state index >= 15 is 0 Å². The van der Waals surface area contributed by atoms with Crippen LogP contribution in [0.5, 0.6) is 5.75 Å². The predicted octanol–water partition coefficient (Wildman–Crippen LogP) is 1.90. The first-order chi connectivity index (χ1) is 13.5. The standard InChI is InChI=1S/C19H23ClN2O6S/c1-11(23)29-17-14(21-13(24)10-27-12-8-6-5-7-9-12)16(25)22(17)15(20)18(26)28-19(2,3)4/h5-9,14-15,17H,10H2,1-4H3,(H,21,24)/t14-,15?,17-/m0/s1. The summed E-state index contributed by atoms with van der Waals surface area (Å²) in [4.78, 5) is 49.5. The van der Waals surface area contributed by atoms with E-state index in [1.807, 2.05) is 6.07 Å². The van der Waals surface area contributed by atoms with Crippen molar-refractivity contribution < 1.29 is 28.7 Å². The monoisotopic (exact) mass is 442 g/mol. The van der Waals surface area contributed by atoms with Gasteiger partial charge in [0, 0.05) is 6.92 Å². The average molecular weight is 443 g/mol. The highest BCUT2D eigenvalue weighted by Crippen LogP contribution is 2.34. The SMILES string of the molecule is CC(=O)S[C@H]1[C@@H](NC(=O)COc2ccccc2)C(=O)N1C(Cl)C(=O)OC(C)(C)C. The Kier molecular flexibility index (Phi) is 7.54. The van der Waals surface area contributed by atoms with Gasteiger partial charge in [0.05, 0.1) is 0 Å². The highest BCUT2D eigenvalue weighted by Gasteiger charge is 2.54. The second-order valence-corrected chi connectivity index (χ2v) is 8.97. The predicted molar refractivity (Wildman–Crippen MR) is 108 cm³/mol. The van der Waals surface area contributed by atoms with Crippen molar-refractivity contribution in [2.24, 2.45) is 0 Å². The van der Waals surface area contributed by atoms with E-state index in [2.05, 4.69) is 5.32 Å². The molecule has 0 bridgehead atoms. The van der Waals surface area contributed by atoms with E-state index in [-0.39, 0.29) is 11.7 Å². The smallest absolute Gasteiger partial charge is 0.345 e. The van der Waals surface area contributed by atoms with E-state index in [0.29, 0.717) is 5.75 Å². The minimum Gasteiger partial charge on any atom is -0.484 e. The number of alkyl halides is 1. The van der Waals surface area contributed by atoms with Crippen LogP contribution in [0.1, 0.15) is 27.7 Å². The number of benzene rings is 1. The first-order valence-electron chi connectivity index (χ1n) is 8.83. The lowest BCUT2D eigenvalue weighted by atomic mass is 10.1. The number of para-hydroxylation sites is 1. The Morgan fingerprint density at radius 2 is 1.86 bits per heavy atom. The first-order valence-corrected chi connectivity index (χ1v) is 10.1. The zero-order valence-corrected chi connectivity index (χ0v) is 18.1. The summed E-state index contributed by atoms with van der Waals surface area (Å²) >= 11 is 6.92. The summed E-state index contributed by atoms with van der Waals surface area (Å²) in [7, 11) is 0. The zero-order valence-electron chi connectivity index (χ0n) is 16.5. The molecule has 1 aliphatic rings. The second kappa shape index (κ2) is 9.49. The minimum atomic E-state index is -1.41. The van der Waals surface area contributed by atoms with Crippen LogP contribution in [-0.4, -0.2) is 56.9 Å². The Balaban J connectivity index is 2.00. The van der Waals surface area contributed by atoms with Gasteiger partial charge in [-0.25, -0.2) is 4.79 Å². The van der Waals surface area contributed by atoms with Crippen LogP contribution in [0.15, 0.2) is 30.3 Å². The number of β-lactam (4-membered cyclic amide) rings is 1. The number of hydrogen-bond acceptors (Lipinski definition) is 7. The summed E-state index contributed by atoms with van der Waals surface area (Å²) in [5.74, 6) is -1.42. The molecule has 0 radical (unpaired) electrons. The third-order valence-electron chi connectivity index (χ3n) is 3.64. The van der Waals surface area contributed by atoms with Crippen molar-refractivity contribution in [1.82, 2.24) is 10.2 Å². The van der Waals surface area contributed by atoms with Gasteiger partial charge in [0.2, 0.25) is 5.50 Å². The summed E-state index contributed by atoms with van der Waals surface area (Å²) in [6.07, 6.45) is 0. The minimum absolute atomic E-state index is 0.291. The molecule has 3 atom stereocenters. The van der Waals surface area contributed by atoms with Gasteiger partial charge in [-0.05, 0) is 32.9 Å². The maximum atomic E-state index is 12.5. The second-order valence-electron chi connectivity index (χ2n) is 7.26. The molecule has 2 rings (SSSR count). The van der Waals surface area contributed by atoms with Crippen LogP contribution in [0.2, 0.25) is 0 Å². The number of rotatable bonds is 7. The van der Waals surface area contributed by atoms with Gasteiger partial charge in [-0.1, -0.05) is 41.6 Å². The number of carbonyl (C=O) groups excluding carboxylic acids is 4. The zero-order chi connectivity index (χ0) is 21.8. The molecule has 1 N–H and O–H groups in total. The highest BCUT2D eigenvalue weighted by molar-refractivity contribution is 8.14. The number of amides is 2. The van der Waals surface area contributed by atoms with E-state index < -0.39 is 40.3 Å². The molecule has 0 aliphatic carbocycles. The first kappa shape index (κ1) is 23.0. The number of likely N-dealkylation sites (tertiary alicyclic amines) is 1. The molecule has 10 heteroatoms. The highest BCUT2D eigenvalue weighted by atomic mass is 35.5. The molecular formula is C19H23ClN2O6S. The van der Waals surface area contributed by atoms with Crippen LogP contribution in [0.3, 0.4) is 0 Å². The molecule has 29 heavy (non-hydrogen) atoms. The molecule has 2 amide bonds. The van der Waals surface area contributed by atoms with E-state index in [9.17, 15) is 19.2 Å². The van der Waals surface area contributed by atoms with Crippen LogP contribution in [0.25, 0.3) is 0 Å². The fourth-order valence-corrected chi connectivity index (χ4v) is 3.83. The van der Waals surface area contributed by atoms with Crippen LogP contribution < -0.4 is 10.1 Å². The van der Waals surface area contributed by atoms with E-state index in [1.54, 1.807) is 45.0 Å². The van der Waals surface area contributed by atoms with Crippen LogP contribution >= 0.6 is 23.4 Å². The van der Waals surface area contributed by atoms with Crippen molar-refractivity contribution in [1.29, 1.82) is 0 Å². The molecular weight excluding hydrogens is 420 g/mol. The molecule has 1 aromatic rings. The third-order valence-corrected chi connectivity index (χ3v) is 5.10. The van der Waals surface area contributed by atoms with Gasteiger partial charge < -0.3 is 14.8 Å². The topological polar surface area (TPSA) is 102 Å². The van der Waals surface area contributed by atoms with Crippen molar-refractivity contribution in [2.75, 3.05) is 6.61 Å². The molecule has 1 aromatic carbocycles. The lowest BCUT2D eigenvalue weighted by molar-refractivity contribution is -0.167. The van der Waals surface area contributed by atoms with Crippen molar-refractivity contribution in [2.45, 2.75) is 50.2 Å². The Hall–Kier alpha value is -2.26. The lowest BCUT2D eigenvalue weighted by Crippen LogP contribution is -2.72. The molecule has 0 aromatic heterocycles. The van der Waals surface area contributed by atoms with Crippen molar-refractivity contribution in [3.05, 3.63) is 30.3 Å². The number of nitrogens with zero attached hydrogens (tertiary/aromatic N) is 1. The van der Waals surface area contributed by atoms with Gasteiger partial charge in [0.15, 0.2) is 11.7 Å². The number of halogens is 1. The number of carbonyl (C=O) groups is 4. The Morgan fingerprint density at radius 1 is 1.24 bits per heavy atom. The summed E-state index contributed by atoms with van der Waals surface area (Å²) < 4.78 is 10.5. The number of hydrogen-bond donors (Lipinski definition) is 1. The molecule has 1 heterocycles. The molecule has 1 unspecified atom stereocenters. The summed E-state index contributed by atoms with van der Waals surface area (Å²) in [6.45, 7) is 6.03. The number of esters is 1. The Bertz CT molecular complexity index is 783. The van der Waals surface area contributed by atoms with E-state index in [4.69, 9.17) is 21.1 Å². The molecule has 8 nitrogen and oxygen atoms in total. The average Bonchev–Trinajstić information content (AvgIpc) is 2.63. The Labute approximate surface area is 178 Å². The summed E-state index contributed by atoms with van der Waals surface area (Å²) in [5, 5.41) is 1.41. The number of thioether (sulfide) groups is 1. The van der Waals surface area contributed by atoms with Crippen molar-refractivity contribution >= 4 is 46.3 Å². The van der Waals surface area contributed by atoms with Crippen molar-refractivity contribution in [3.63, 3.8) is 0 Å². The van der Waals surface area contributed by atoms with Gasteiger partial charge in [0.1, 0.15) is 22.8 Å². The van der Waals surface area contributed by atoms with Gasteiger partial charge in [0.25, 0.3) is 11.8 Å². The van der Waals surface area contributed by atoms with E-state index in [0.717, 1.165) is 16.7 Å². The van der Waals surface area contributed by atoms with Gasteiger partial charge in [-0.2, -0.15) is 0 Å². The summed E-state index contributed by atoms with van der Waals surface area (Å²) in [5.41, 5.74) is -2.20. The maximum absolute atomic E-state index is 12.5. The lowest BCUT2D eigenvalue weighted by Gasteiger charge is -2.47. The maximum Gasteiger partial charge on any atom is 0.345 e. The van der Waals surface area contributed by atoms with E-state index in [1.165, 1.54) is 6.92 Å². The largest absolute Gasteiger partial charge is 0.484 e. The van der Waals surface area contributed by atoms with Crippen LogP contribution in [0.4, 0.5) is 0 Å². The normalized spacial score (nSPS) is 19.8. The van der Waals surface area contributed by atoms with Crippen LogP contribution in [-0.2, 0) is 23.9 Å². The molecule has 0 spiro atoms. The van der Waals surface area contributed by atoms with Gasteiger partial charge in [-0.15, -0.1) is 0 Å².